The van der Waals surface area contributed by atoms with Crippen molar-refractivity contribution in [2.75, 3.05) is 34.4 Å². The van der Waals surface area contributed by atoms with Crippen LogP contribution in [-0.2, 0) is 11.2 Å². The topological polar surface area (TPSA) is 60.0 Å². The summed E-state index contributed by atoms with van der Waals surface area (Å²) in [5.74, 6) is 1.75. The lowest BCUT2D eigenvalue weighted by Crippen LogP contribution is -2.51. The first-order valence-corrected chi connectivity index (χ1v) is 11.0. The van der Waals surface area contributed by atoms with Gasteiger partial charge in [-0.05, 0) is 49.9 Å². The van der Waals surface area contributed by atoms with Crippen molar-refractivity contribution in [3.05, 3.63) is 17.7 Å². The average Bonchev–Trinajstić information content (AvgIpc) is 3.02. The number of ether oxygens (including phenoxy) is 3. The Hall–Kier alpha value is -1.95. The van der Waals surface area contributed by atoms with Crippen molar-refractivity contribution in [1.82, 2.24) is 10.2 Å². The highest BCUT2D eigenvalue weighted by Crippen LogP contribution is 2.38. The van der Waals surface area contributed by atoms with Crippen LogP contribution in [0.4, 0.5) is 0 Å². The first kappa shape index (κ1) is 21.8. The standard InChI is InChI=1S/C23H36N2O4/c1-27-20-13-17(14-21(28-2)23(20)29-3)15-22(26)24-18-9-8-12-25(16-18)19-10-6-4-5-7-11-19/h13-14,18-19H,4-12,15-16H2,1-3H3,(H,24,26). The highest BCUT2D eigenvalue weighted by atomic mass is 16.5. The Morgan fingerprint density at radius 1 is 0.966 bits per heavy atom. The van der Waals surface area contributed by atoms with E-state index in [1.54, 1.807) is 21.3 Å². The van der Waals surface area contributed by atoms with Gasteiger partial charge in [0.1, 0.15) is 0 Å². The number of piperidine rings is 1. The molecule has 0 radical (unpaired) electrons. The Morgan fingerprint density at radius 3 is 2.21 bits per heavy atom. The molecule has 1 atom stereocenters. The monoisotopic (exact) mass is 404 g/mol. The zero-order valence-corrected chi connectivity index (χ0v) is 18.2. The van der Waals surface area contributed by atoms with Crippen LogP contribution in [0.3, 0.4) is 0 Å². The van der Waals surface area contributed by atoms with E-state index in [1.165, 1.54) is 45.1 Å². The highest BCUT2D eigenvalue weighted by molar-refractivity contribution is 5.79. The third-order valence-corrected chi connectivity index (χ3v) is 6.25. The van der Waals surface area contributed by atoms with Gasteiger partial charge in [-0.1, -0.05) is 25.7 Å². The highest BCUT2D eigenvalue weighted by Gasteiger charge is 2.27. The molecule has 1 amide bonds. The van der Waals surface area contributed by atoms with Gasteiger partial charge in [-0.15, -0.1) is 0 Å². The Labute approximate surface area is 174 Å². The van der Waals surface area contributed by atoms with Gasteiger partial charge in [-0.25, -0.2) is 0 Å². The van der Waals surface area contributed by atoms with E-state index in [9.17, 15) is 4.79 Å². The van der Waals surface area contributed by atoms with Crippen LogP contribution in [0.1, 0.15) is 56.9 Å². The zero-order chi connectivity index (χ0) is 20.6. The summed E-state index contributed by atoms with van der Waals surface area (Å²) in [7, 11) is 4.76. The maximum atomic E-state index is 12.7. The van der Waals surface area contributed by atoms with Crippen LogP contribution in [0.5, 0.6) is 17.2 Å². The van der Waals surface area contributed by atoms with Crippen molar-refractivity contribution in [3.63, 3.8) is 0 Å². The number of nitrogens with one attached hydrogen (secondary N) is 1. The smallest absolute Gasteiger partial charge is 0.224 e. The van der Waals surface area contributed by atoms with Gasteiger partial charge in [-0.2, -0.15) is 0 Å². The summed E-state index contributed by atoms with van der Waals surface area (Å²) < 4.78 is 16.2. The molecule has 3 rings (SSSR count). The van der Waals surface area contributed by atoms with Crippen LogP contribution in [0.2, 0.25) is 0 Å². The number of hydrogen-bond donors (Lipinski definition) is 1. The lowest BCUT2D eigenvalue weighted by atomic mass is 9.99. The minimum atomic E-state index is 0.0481. The molecule has 1 aliphatic carbocycles. The maximum absolute atomic E-state index is 12.7. The minimum absolute atomic E-state index is 0.0481. The van der Waals surface area contributed by atoms with Crippen LogP contribution in [0.15, 0.2) is 12.1 Å². The molecule has 1 aliphatic heterocycles. The van der Waals surface area contributed by atoms with Gasteiger partial charge in [0.25, 0.3) is 0 Å². The molecule has 2 aliphatic rings. The van der Waals surface area contributed by atoms with Crippen molar-refractivity contribution in [3.8, 4) is 17.2 Å². The van der Waals surface area contributed by atoms with Gasteiger partial charge >= 0.3 is 0 Å². The molecule has 6 heteroatoms. The fourth-order valence-electron chi connectivity index (χ4n) is 4.78. The van der Waals surface area contributed by atoms with E-state index in [1.807, 2.05) is 12.1 Å². The number of carbonyl (C=O) groups excluding carboxylic acids is 1. The van der Waals surface area contributed by atoms with Crippen molar-refractivity contribution in [2.45, 2.75) is 69.9 Å². The predicted octanol–water partition coefficient (Wildman–Crippen LogP) is 3.56. The molecule has 6 nitrogen and oxygen atoms in total. The van der Waals surface area contributed by atoms with Crippen LogP contribution < -0.4 is 19.5 Å². The second kappa shape index (κ2) is 10.7. The molecule has 1 aromatic rings. The summed E-state index contributed by atoms with van der Waals surface area (Å²) in [4.78, 5) is 15.4. The SMILES string of the molecule is COc1cc(CC(=O)NC2CCCN(C3CCCCCC3)C2)cc(OC)c1OC. The van der Waals surface area contributed by atoms with Crippen LogP contribution in [0.25, 0.3) is 0 Å². The number of carbonyl (C=O) groups is 1. The third kappa shape index (κ3) is 5.78. The van der Waals surface area contributed by atoms with E-state index in [0.29, 0.717) is 29.7 Å². The van der Waals surface area contributed by atoms with Gasteiger partial charge in [0.05, 0.1) is 27.8 Å². The molecule has 1 heterocycles. The van der Waals surface area contributed by atoms with E-state index in [-0.39, 0.29) is 11.9 Å². The maximum Gasteiger partial charge on any atom is 0.224 e. The van der Waals surface area contributed by atoms with Gasteiger partial charge in [0.15, 0.2) is 11.5 Å². The number of hydrogen-bond acceptors (Lipinski definition) is 5. The normalized spacial score (nSPS) is 21.3. The summed E-state index contributed by atoms with van der Waals surface area (Å²) in [5.41, 5.74) is 0.855. The molecule has 2 fully saturated rings. The Balaban J connectivity index is 1.58. The Morgan fingerprint density at radius 2 is 1.62 bits per heavy atom. The van der Waals surface area contributed by atoms with Crippen molar-refractivity contribution < 1.29 is 19.0 Å². The molecular formula is C23H36N2O4. The number of methoxy groups -OCH3 is 3. The number of likely N-dealkylation sites (tertiary alicyclic amines) is 1. The fraction of sp³-hybridized carbons (Fsp3) is 0.696. The zero-order valence-electron chi connectivity index (χ0n) is 18.2. The Kier molecular flexibility index (Phi) is 8.04. The largest absolute Gasteiger partial charge is 0.493 e. The summed E-state index contributed by atoms with van der Waals surface area (Å²) >= 11 is 0. The minimum Gasteiger partial charge on any atom is -0.493 e. The number of nitrogens with zero attached hydrogens (tertiary/aromatic N) is 1. The fourth-order valence-corrected chi connectivity index (χ4v) is 4.78. The quantitative estimate of drug-likeness (QED) is 0.704. The molecule has 1 unspecified atom stereocenters. The lowest BCUT2D eigenvalue weighted by molar-refractivity contribution is -0.121. The summed E-state index contributed by atoms with van der Waals surface area (Å²) in [5, 5.41) is 3.26. The van der Waals surface area contributed by atoms with E-state index in [4.69, 9.17) is 14.2 Å². The molecule has 162 valence electrons. The van der Waals surface area contributed by atoms with Crippen LogP contribution in [-0.4, -0.2) is 57.3 Å². The number of rotatable bonds is 7. The summed E-state index contributed by atoms with van der Waals surface area (Å²) in [6.07, 6.45) is 10.6. The second-order valence-electron chi connectivity index (χ2n) is 8.26. The molecule has 0 bridgehead atoms. The molecule has 1 N–H and O–H groups in total. The molecule has 0 aromatic heterocycles. The molecular weight excluding hydrogens is 368 g/mol. The summed E-state index contributed by atoms with van der Waals surface area (Å²) in [6, 6.07) is 4.63. The first-order chi connectivity index (χ1) is 14.1. The van der Waals surface area contributed by atoms with E-state index in [2.05, 4.69) is 10.2 Å². The van der Waals surface area contributed by atoms with Crippen LogP contribution in [0, 0.1) is 0 Å². The number of benzene rings is 1. The van der Waals surface area contributed by atoms with Gasteiger partial charge in [0, 0.05) is 18.6 Å². The molecule has 0 spiro atoms. The average molecular weight is 405 g/mol. The molecule has 29 heavy (non-hydrogen) atoms. The van der Waals surface area contributed by atoms with Gasteiger partial charge in [-0.3, -0.25) is 9.69 Å². The molecule has 1 saturated heterocycles. The molecule has 1 saturated carbocycles. The van der Waals surface area contributed by atoms with Crippen molar-refractivity contribution in [1.29, 1.82) is 0 Å². The van der Waals surface area contributed by atoms with Gasteiger partial charge < -0.3 is 19.5 Å². The van der Waals surface area contributed by atoms with E-state index in [0.717, 1.165) is 24.9 Å². The third-order valence-electron chi connectivity index (χ3n) is 6.25. The van der Waals surface area contributed by atoms with Crippen molar-refractivity contribution >= 4 is 5.91 Å². The van der Waals surface area contributed by atoms with E-state index >= 15 is 0 Å². The Bertz CT molecular complexity index is 646. The number of amides is 1. The van der Waals surface area contributed by atoms with Crippen molar-refractivity contribution in [2.24, 2.45) is 0 Å². The first-order valence-electron chi connectivity index (χ1n) is 11.0. The predicted molar refractivity (Wildman–Crippen MR) is 114 cm³/mol. The second-order valence-corrected chi connectivity index (χ2v) is 8.26. The summed E-state index contributed by atoms with van der Waals surface area (Å²) in [6.45, 7) is 2.15. The van der Waals surface area contributed by atoms with E-state index < -0.39 is 0 Å². The van der Waals surface area contributed by atoms with Crippen LogP contribution >= 0.6 is 0 Å². The lowest BCUT2D eigenvalue weighted by Gasteiger charge is -2.38. The molecule has 1 aromatic carbocycles. The van der Waals surface area contributed by atoms with Gasteiger partial charge in [0.2, 0.25) is 11.7 Å².